The highest BCUT2D eigenvalue weighted by molar-refractivity contribution is 6.04. The van der Waals surface area contributed by atoms with Gasteiger partial charge in [0.2, 0.25) is 0 Å². The summed E-state index contributed by atoms with van der Waals surface area (Å²) in [5.74, 6) is 0.716. The van der Waals surface area contributed by atoms with E-state index < -0.39 is 0 Å². The molecule has 0 amide bonds. The van der Waals surface area contributed by atoms with Gasteiger partial charge >= 0.3 is 0 Å². The summed E-state index contributed by atoms with van der Waals surface area (Å²) < 4.78 is 5.57. The Bertz CT molecular complexity index is 687. The summed E-state index contributed by atoms with van der Waals surface area (Å²) >= 11 is 0. The maximum atomic E-state index is 12.1. The largest absolute Gasteiger partial charge is 0.491 e. The van der Waals surface area contributed by atoms with Gasteiger partial charge in [-0.05, 0) is 62.4 Å². The minimum atomic E-state index is -0.0523. The van der Waals surface area contributed by atoms with Crippen LogP contribution in [-0.4, -0.2) is 26.0 Å². The number of nitrogens with zero attached hydrogens (tertiary/aromatic N) is 1. The number of allylic oxidation sites excluding steroid dienone is 1. The van der Waals surface area contributed by atoms with E-state index in [1.165, 1.54) is 6.08 Å². The molecule has 0 heterocycles. The van der Waals surface area contributed by atoms with E-state index in [1.54, 1.807) is 18.3 Å². The highest BCUT2D eigenvalue weighted by Gasteiger charge is 2.03. The first kappa shape index (κ1) is 17.6. The molecule has 4 heteroatoms. The van der Waals surface area contributed by atoms with Gasteiger partial charge in [0.05, 0.1) is 6.10 Å². The molecule has 24 heavy (non-hydrogen) atoms. The van der Waals surface area contributed by atoms with E-state index in [9.17, 15) is 4.79 Å². The third kappa shape index (κ3) is 5.16. The summed E-state index contributed by atoms with van der Waals surface area (Å²) in [6.45, 7) is 3.94. The van der Waals surface area contributed by atoms with E-state index in [4.69, 9.17) is 4.74 Å². The average Bonchev–Trinajstić information content (AvgIpc) is 2.55. The first-order chi connectivity index (χ1) is 11.5. The maximum absolute atomic E-state index is 12.1. The van der Waals surface area contributed by atoms with Gasteiger partial charge < -0.3 is 15.0 Å². The lowest BCUT2D eigenvalue weighted by atomic mass is 10.1. The summed E-state index contributed by atoms with van der Waals surface area (Å²) in [7, 11) is 4.00. The molecule has 0 atom stereocenters. The second kappa shape index (κ2) is 8.20. The molecule has 2 rings (SSSR count). The molecule has 0 spiro atoms. The van der Waals surface area contributed by atoms with Crippen LogP contribution in [-0.2, 0) is 0 Å². The van der Waals surface area contributed by atoms with Gasteiger partial charge in [0.25, 0.3) is 0 Å². The normalized spacial score (nSPS) is 10.9. The van der Waals surface area contributed by atoms with Crippen molar-refractivity contribution in [2.24, 2.45) is 0 Å². The van der Waals surface area contributed by atoms with Crippen molar-refractivity contribution in [3.8, 4) is 5.75 Å². The van der Waals surface area contributed by atoms with Gasteiger partial charge in [0.1, 0.15) is 5.75 Å². The molecule has 0 fully saturated rings. The number of hydrogen-bond donors (Lipinski definition) is 1. The number of ether oxygens (including phenoxy) is 1. The van der Waals surface area contributed by atoms with Crippen molar-refractivity contribution in [2.75, 3.05) is 24.3 Å². The van der Waals surface area contributed by atoms with Crippen molar-refractivity contribution in [2.45, 2.75) is 20.0 Å². The summed E-state index contributed by atoms with van der Waals surface area (Å²) in [6.07, 6.45) is 3.30. The number of anilines is 2. The fraction of sp³-hybridized carbons (Fsp3) is 0.250. The highest BCUT2D eigenvalue weighted by Crippen LogP contribution is 2.16. The van der Waals surface area contributed by atoms with Gasteiger partial charge in [-0.15, -0.1) is 0 Å². The third-order valence-electron chi connectivity index (χ3n) is 3.38. The summed E-state index contributed by atoms with van der Waals surface area (Å²) in [5, 5.41) is 3.10. The van der Waals surface area contributed by atoms with Crippen LogP contribution >= 0.6 is 0 Å². The molecule has 0 radical (unpaired) electrons. The van der Waals surface area contributed by atoms with Crippen LogP contribution in [0.15, 0.2) is 60.8 Å². The number of nitrogens with one attached hydrogen (secondary N) is 1. The molecule has 0 aliphatic rings. The molecule has 0 aliphatic carbocycles. The van der Waals surface area contributed by atoms with Crippen molar-refractivity contribution >= 4 is 17.2 Å². The van der Waals surface area contributed by atoms with Crippen molar-refractivity contribution in [1.29, 1.82) is 0 Å². The summed E-state index contributed by atoms with van der Waals surface area (Å²) in [6, 6.07) is 15.2. The SMILES string of the molecule is CC(C)Oc1ccc(C(=O)C=CNc2ccc(N(C)C)cc2)cc1. The second-order valence-electron chi connectivity index (χ2n) is 5.97. The Morgan fingerprint density at radius 1 is 1.04 bits per heavy atom. The van der Waals surface area contributed by atoms with E-state index in [0.29, 0.717) is 5.56 Å². The zero-order valence-corrected chi connectivity index (χ0v) is 14.6. The zero-order chi connectivity index (χ0) is 17.5. The Hall–Kier alpha value is -2.75. The molecule has 0 saturated heterocycles. The minimum Gasteiger partial charge on any atom is -0.491 e. The fourth-order valence-corrected chi connectivity index (χ4v) is 2.14. The fourth-order valence-electron chi connectivity index (χ4n) is 2.14. The van der Waals surface area contributed by atoms with Gasteiger partial charge in [-0.3, -0.25) is 4.79 Å². The number of ketones is 1. The predicted molar refractivity (Wildman–Crippen MR) is 100 cm³/mol. The molecular formula is C20H24N2O2. The smallest absolute Gasteiger partial charge is 0.187 e. The van der Waals surface area contributed by atoms with Crippen molar-refractivity contribution in [1.82, 2.24) is 0 Å². The number of carbonyl (C=O) groups is 1. The Kier molecular flexibility index (Phi) is 6.01. The average molecular weight is 324 g/mol. The maximum Gasteiger partial charge on any atom is 0.187 e. The lowest BCUT2D eigenvalue weighted by molar-refractivity contribution is 0.104. The van der Waals surface area contributed by atoms with Gasteiger partial charge in [-0.1, -0.05) is 0 Å². The molecule has 0 aromatic heterocycles. The molecule has 0 saturated carbocycles. The molecule has 0 unspecified atom stereocenters. The van der Waals surface area contributed by atoms with Crippen LogP contribution in [0.4, 0.5) is 11.4 Å². The van der Waals surface area contributed by atoms with Crippen molar-refractivity contribution in [3.63, 3.8) is 0 Å². The number of rotatable bonds is 7. The van der Waals surface area contributed by atoms with E-state index in [1.807, 2.05) is 69.2 Å². The molecule has 0 bridgehead atoms. The quantitative estimate of drug-likeness (QED) is 0.607. The van der Waals surface area contributed by atoms with E-state index >= 15 is 0 Å². The lowest BCUT2D eigenvalue weighted by Gasteiger charge is -2.12. The standard InChI is InChI=1S/C20H24N2O2/c1-15(2)24-19-11-5-16(6-12-19)20(23)13-14-21-17-7-9-18(10-8-17)22(3)4/h5-15,21H,1-4H3. The molecule has 126 valence electrons. The van der Waals surface area contributed by atoms with E-state index in [-0.39, 0.29) is 11.9 Å². The monoisotopic (exact) mass is 324 g/mol. The lowest BCUT2D eigenvalue weighted by Crippen LogP contribution is -2.08. The van der Waals surface area contributed by atoms with Crippen LogP contribution in [0.3, 0.4) is 0 Å². The predicted octanol–water partition coefficient (Wildman–Crippen LogP) is 4.35. The second-order valence-corrected chi connectivity index (χ2v) is 5.97. The van der Waals surface area contributed by atoms with Gasteiger partial charge in [0, 0.05) is 43.3 Å². The number of hydrogen-bond acceptors (Lipinski definition) is 4. The van der Waals surface area contributed by atoms with Gasteiger partial charge in [-0.25, -0.2) is 0 Å². The molecule has 4 nitrogen and oxygen atoms in total. The van der Waals surface area contributed by atoms with Crippen molar-refractivity contribution in [3.05, 3.63) is 66.4 Å². The molecule has 2 aromatic rings. The third-order valence-corrected chi connectivity index (χ3v) is 3.38. The van der Waals surface area contributed by atoms with Crippen LogP contribution in [0.5, 0.6) is 5.75 Å². The van der Waals surface area contributed by atoms with E-state index in [2.05, 4.69) is 5.32 Å². The Balaban J connectivity index is 1.92. The van der Waals surface area contributed by atoms with Crippen LogP contribution in [0.1, 0.15) is 24.2 Å². The Labute approximate surface area is 143 Å². The first-order valence-electron chi connectivity index (χ1n) is 7.97. The van der Waals surface area contributed by atoms with Crippen molar-refractivity contribution < 1.29 is 9.53 Å². The number of benzene rings is 2. The topological polar surface area (TPSA) is 41.6 Å². The van der Waals surface area contributed by atoms with Crippen LogP contribution in [0.25, 0.3) is 0 Å². The Morgan fingerprint density at radius 2 is 1.67 bits per heavy atom. The molecular weight excluding hydrogens is 300 g/mol. The number of carbonyl (C=O) groups excluding carboxylic acids is 1. The minimum absolute atomic E-state index is 0.0523. The van der Waals surface area contributed by atoms with E-state index in [0.717, 1.165) is 17.1 Å². The van der Waals surface area contributed by atoms with Crippen LogP contribution in [0.2, 0.25) is 0 Å². The van der Waals surface area contributed by atoms with Gasteiger partial charge in [0.15, 0.2) is 5.78 Å². The van der Waals surface area contributed by atoms with Crippen LogP contribution in [0, 0.1) is 0 Å². The van der Waals surface area contributed by atoms with Crippen LogP contribution < -0.4 is 15.0 Å². The Morgan fingerprint density at radius 3 is 2.21 bits per heavy atom. The first-order valence-corrected chi connectivity index (χ1v) is 7.97. The highest BCUT2D eigenvalue weighted by atomic mass is 16.5. The molecule has 2 aromatic carbocycles. The zero-order valence-electron chi connectivity index (χ0n) is 14.6. The summed E-state index contributed by atoms with van der Waals surface area (Å²) in [4.78, 5) is 14.2. The summed E-state index contributed by atoms with van der Waals surface area (Å²) in [5.41, 5.74) is 2.70. The molecule has 1 N–H and O–H groups in total. The molecule has 0 aliphatic heterocycles. The van der Waals surface area contributed by atoms with Gasteiger partial charge in [-0.2, -0.15) is 0 Å².